The fourth-order valence-corrected chi connectivity index (χ4v) is 2.96. The van der Waals surface area contributed by atoms with E-state index in [9.17, 15) is 9.59 Å². The van der Waals surface area contributed by atoms with Gasteiger partial charge >= 0.3 is 5.97 Å². The molecule has 2 fully saturated rings. The van der Waals surface area contributed by atoms with Crippen molar-refractivity contribution >= 4 is 11.9 Å². The van der Waals surface area contributed by atoms with Crippen molar-refractivity contribution in [3.8, 4) is 0 Å². The zero-order valence-electron chi connectivity index (χ0n) is 10.9. The summed E-state index contributed by atoms with van der Waals surface area (Å²) in [7, 11) is 0. The second-order valence-electron chi connectivity index (χ2n) is 5.51. The van der Waals surface area contributed by atoms with Crippen LogP contribution in [0.15, 0.2) is 0 Å². The van der Waals surface area contributed by atoms with Crippen molar-refractivity contribution in [3.63, 3.8) is 0 Å². The first-order valence-electron chi connectivity index (χ1n) is 6.84. The van der Waals surface area contributed by atoms with Crippen LogP contribution in [-0.4, -0.2) is 47.6 Å². The van der Waals surface area contributed by atoms with Gasteiger partial charge < -0.3 is 15.3 Å². The molecule has 5 nitrogen and oxygen atoms in total. The summed E-state index contributed by atoms with van der Waals surface area (Å²) in [5, 5.41) is 12.3. The molecule has 2 saturated heterocycles. The Labute approximate surface area is 108 Å². The molecule has 0 aliphatic carbocycles. The zero-order valence-corrected chi connectivity index (χ0v) is 10.9. The standard InChI is InChI=1S/C13H22N2O3/c1-9-4-2-6-14-11(9)12(16)15-7-3-5-10(8-15)13(17)18/h9-11,14H,2-8H2,1H3,(H,17,18). The topological polar surface area (TPSA) is 69.6 Å². The Morgan fingerprint density at radius 1 is 1.28 bits per heavy atom. The van der Waals surface area contributed by atoms with Gasteiger partial charge in [0.25, 0.3) is 0 Å². The lowest BCUT2D eigenvalue weighted by molar-refractivity contribution is -0.146. The highest BCUT2D eigenvalue weighted by Crippen LogP contribution is 2.22. The van der Waals surface area contributed by atoms with Gasteiger partial charge in [-0.25, -0.2) is 0 Å². The number of carboxylic acids is 1. The van der Waals surface area contributed by atoms with Gasteiger partial charge in [0.15, 0.2) is 0 Å². The number of carboxylic acid groups (broad SMARTS) is 1. The van der Waals surface area contributed by atoms with E-state index in [1.807, 2.05) is 0 Å². The normalized spacial score (nSPS) is 33.2. The maximum absolute atomic E-state index is 12.4. The van der Waals surface area contributed by atoms with E-state index in [0.717, 1.165) is 25.8 Å². The maximum atomic E-state index is 12.4. The molecule has 0 saturated carbocycles. The highest BCUT2D eigenvalue weighted by Gasteiger charge is 2.34. The summed E-state index contributed by atoms with van der Waals surface area (Å²) in [6.45, 7) is 4.05. The third-order valence-corrected chi connectivity index (χ3v) is 4.12. The fraction of sp³-hybridized carbons (Fsp3) is 0.846. The molecule has 0 aromatic carbocycles. The Morgan fingerprint density at radius 2 is 2.06 bits per heavy atom. The monoisotopic (exact) mass is 254 g/mol. The molecule has 0 aromatic heterocycles. The predicted molar refractivity (Wildman–Crippen MR) is 67.1 cm³/mol. The van der Waals surface area contributed by atoms with E-state index in [2.05, 4.69) is 12.2 Å². The van der Waals surface area contributed by atoms with Crippen molar-refractivity contribution in [2.45, 2.75) is 38.6 Å². The molecule has 2 aliphatic heterocycles. The lowest BCUT2D eigenvalue weighted by Crippen LogP contribution is -2.54. The molecule has 3 atom stereocenters. The number of hydrogen-bond acceptors (Lipinski definition) is 3. The number of hydrogen-bond donors (Lipinski definition) is 2. The van der Waals surface area contributed by atoms with Crippen molar-refractivity contribution in [3.05, 3.63) is 0 Å². The third-order valence-electron chi connectivity index (χ3n) is 4.12. The molecule has 0 bridgehead atoms. The highest BCUT2D eigenvalue weighted by atomic mass is 16.4. The Morgan fingerprint density at radius 3 is 2.72 bits per heavy atom. The van der Waals surface area contributed by atoms with E-state index in [-0.39, 0.29) is 17.9 Å². The molecule has 18 heavy (non-hydrogen) atoms. The molecule has 5 heteroatoms. The van der Waals surface area contributed by atoms with Crippen LogP contribution in [0, 0.1) is 11.8 Å². The number of nitrogens with one attached hydrogen (secondary N) is 1. The Hall–Kier alpha value is -1.10. The van der Waals surface area contributed by atoms with E-state index in [4.69, 9.17) is 5.11 Å². The molecule has 2 heterocycles. The largest absolute Gasteiger partial charge is 0.481 e. The van der Waals surface area contributed by atoms with Gasteiger partial charge in [-0.3, -0.25) is 9.59 Å². The van der Waals surface area contributed by atoms with Crippen molar-refractivity contribution < 1.29 is 14.7 Å². The summed E-state index contributed by atoms with van der Waals surface area (Å²) in [5.74, 6) is -0.733. The van der Waals surface area contributed by atoms with Crippen LogP contribution >= 0.6 is 0 Å². The van der Waals surface area contributed by atoms with Crippen LogP contribution in [0.1, 0.15) is 32.6 Å². The summed E-state index contributed by atoms with van der Waals surface area (Å²) >= 11 is 0. The Balaban J connectivity index is 1.97. The smallest absolute Gasteiger partial charge is 0.308 e. The first-order valence-corrected chi connectivity index (χ1v) is 6.84. The van der Waals surface area contributed by atoms with E-state index in [1.165, 1.54) is 0 Å². The van der Waals surface area contributed by atoms with Crippen LogP contribution in [-0.2, 0) is 9.59 Å². The number of carbonyl (C=O) groups excluding carboxylic acids is 1. The van der Waals surface area contributed by atoms with Crippen LogP contribution in [0.3, 0.4) is 0 Å². The number of nitrogens with zero attached hydrogens (tertiary/aromatic N) is 1. The van der Waals surface area contributed by atoms with Crippen LogP contribution in [0.5, 0.6) is 0 Å². The number of aliphatic carboxylic acids is 1. The summed E-state index contributed by atoms with van der Waals surface area (Å²) in [6.07, 6.45) is 3.67. The molecule has 0 radical (unpaired) electrons. The summed E-state index contributed by atoms with van der Waals surface area (Å²) < 4.78 is 0. The number of piperidine rings is 2. The zero-order chi connectivity index (χ0) is 13.1. The molecular formula is C13H22N2O3. The van der Waals surface area contributed by atoms with Crippen LogP contribution < -0.4 is 5.32 Å². The van der Waals surface area contributed by atoms with E-state index in [0.29, 0.717) is 25.4 Å². The quantitative estimate of drug-likeness (QED) is 0.761. The van der Waals surface area contributed by atoms with Crippen molar-refractivity contribution in [2.24, 2.45) is 11.8 Å². The third kappa shape index (κ3) is 2.83. The first-order chi connectivity index (χ1) is 8.59. The number of rotatable bonds is 2. The van der Waals surface area contributed by atoms with Crippen LogP contribution in [0.4, 0.5) is 0 Å². The molecule has 0 aromatic rings. The summed E-state index contributed by atoms with van der Waals surface area (Å²) in [6, 6.07) is -0.119. The number of amides is 1. The van der Waals surface area contributed by atoms with Crippen LogP contribution in [0.25, 0.3) is 0 Å². The van der Waals surface area contributed by atoms with E-state index in [1.54, 1.807) is 4.90 Å². The van der Waals surface area contributed by atoms with E-state index < -0.39 is 5.97 Å². The fourth-order valence-electron chi connectivity index (χ4n) is 2.96. The average molecular weight is 254 g/mol. The predicted octanol–water partition coefficient (Wildman–Crippen LogP) is 0.698. The molecular weight excluding hydrogens is 232 g/mol. The number of likely N-dealkylation sites (tertiary alicyclic amines) is 1. The molecule has 102 valence electrons. The van der Waals surface area contributed by atoms with Gasteiger partial charge in [0.05, 0.1) is 12.0 Å². The minimum Gasteiger partial charge on any atom is -0.481 e. The Bertz CT molecular complexity index is 332. The molecule has 3 unspecified atom stereocenters. The Kier molecular flexibility index (Phi) is 4.22. The van der Waals surface area contributed by atoms with Crippen molar-refractivity contribution in [1.82, 2.24) is 10.2 Å². The van der Waals surface area contributed by atoms with Gasteiger partial charge in [-0.2, -0.15) is 0 Å². The lowest BCUT2D eigenvalue weighted by atomic mass is 9.90. The summed E-state index contributed by atoms with van der Waals surface area (Å²) in [5.41, 5.74) is 0. The number of carbonyl (C=O) groups is 2. The molecule has 2 rings (SSSR count). The minimum absolute atomic E-state index is 0.0909. The molecule has 1 amide bonds. The average Bonchev–Trinajstić information content (AvgIpc) is 2.38. The van der Waals surface area contributed by atoms with Crippen molar-refractivity contribution in [2.75, 3.05) is 19.6 Å². The second kappa shape index (κ2) is 5.69. The van der Waals surface area contributed by atoms with Gasteiger partial charge in [0, 0.05) is 13.1 Å². The molecule has 2 N–H and O–H groups in total. The van der Waals surface area contributed by atoms with Crippen molar-refractivity contribution in [1.29, 1.82) is 0 Å². The first kappa shape index (κ1) is 13.3. The van der Waals surface area contributed by atoms with Gasteiger partial charge in [-0.05, 0) is 38.1 Å². The minimum atomic E-state index is -0.780. The highest BCUT2D eigenvalue weighted by molar-refractivity contribution is 5.83. The molecule has 0 spiro atoms. The molecule has 2 aliphatic rings. The van der Waals surface area contributed by atoms with Gasteiger partial charge in [0.2, 0.25) is 5.91 Å². The lowest BCUT2D eigenvalue weighted by Gasteiger charge is -2.37. The summed E-state index contributed by atoms with van der Waals surface area (Å²) in [4.78, 5) is 25.1. The van der Waals surface area contributed by atoms with Gasteiger partial charge in [-0.15, -0.1) is 0 Å². The second-order valence-corrected chi connectivity index (χ2v) is 5.51. The van der Waals surface area contributed by atoms with Crippen LogP contribution in [0.2, 0.25) is 0 Å². The van der Waals surface area contributed by atoms with Gasteiger partial charge in [0.1, 0.15) is 0 Å². The SMILES string of the molecule is CC1CCCNC1C(=O)N1CCCC(C(=O)O)C1. The maximum Gasteiger partial charge on any atom is 0.308 e. The van der Waals surface area contributed by atoms with Gasteiger partial charge in [-0.1, -0.05) is 6.92 Å². The van der Waals surface area contributed by atoms with E-state index >= 15 is 0 Å².